The largest absolute Gasteiger partial charge is 0.341 e. The van der Waals surface area contributed by atoms with Crippen molar-refractivity contribution in [3.63, 3.8) is 0 Å². The zero-order valence-electron chi connectivity index (χ0n) is 12.7. The highest BCUT2D eigenvalue weighted by atomic mass is 16.2. The molecule has 1 aromatic carbocycles. The van der Waals surface area contributed by atoms with Gasteiger partial charge in [-0.2, -0.15) is 5.26 Å². The highest BCUT2D eigenvalue weighted by Gasteiger charge is 2.14. The van der Waals surface area contributed by atoms with Crippen molar-refractivity contribution in [2.75, 3.05) is 13.1 Å². The number of nitriles is 1. The molecular formula is C17H21N3O. The molecule has 0 radical (unpaired) electrons. The Morgan fingerprint density at radius 3 is 2.76 bits per heavy atom. The first kappa shape index (κ1) is 15.1. The van der Waals surface area contributed by atoms with Gasteiger partial charge in [-0.3, -0.25) is 4.79 Å². The SMILES string of the molecule is CCCCN(CC)C(=O)Cn1cc(C#N)c2ccccc21. The summed E-state index contributed by atoms with van der Waals surface area (Å²) in [6.45, 7) is 5.94. The molecule has 0 atom stereocenters. The van der Waals surface area contributed by atoms with Crippen LogP contribution in [0.5, 0.6) is 0 Å². The van der Waals surface area contributed by atoms with Crippen LogP contribution in [0.1, 0.15) is 32.3 Å². The number of rotatable bonds is 6. The quantitative estimate of drug-likeness (QED) is 0.817. The molecule has 0 bridgehead atoms. The van der Waals surface area contributed by atoms with Gasteiger partial charge in [0.2, 0.25) is 5.91 Å². The van der Waals surface area contributed by atoms with Crippen LogP contribution in [-0.2, 0) is 11.3 Å². The van der Waals surface area contributed by atoms with Crippen molar-refractivity contribution in [1.29, 1.82) is 5.26 Å². The Balaban J connectivity index is 2.23. The summed E-state index contributed by atoms with van der Waals surface area (Å²) < 4.78 is 1.88. The van der Waals surface area contributed by atoms with E-state index < -0.39 is 0 Å². The zero-order chi connectivity index (χ0) is 15.2. The summed E-state index contributed by atoms with van der Waals surface area (Å²) in [5, 5.41) is 10.1. The molecular weight excluding hydrogens is 262 g/mol. The molecule has 110 valence electrons. The molecule has 0 unspecified atom stereocenters. The molecule has 0 spiro atoms. The fraction of sp³-hybridized carbons (Fsp3) is 0.412. The molecule has 2 aromatic rings. The lowest BCUT2D eigenvalue weighted by Gasteiger charge is -2.21. The van der Waals surface area contributed by atoms with Crippen molar-refractivity contribution in [3.8, 4) is 6.07 Å². The molecule has 0 saturated heterocycles. The fourth-order valence-corrected chi connectivity index (χ4v) is 2.52. The van der Waals surface area contributed by atoms with E-state index in [1.54, 1.807) is 6.20 Å². The third-order valence-corrected chi connectivity index (χ3v) is 3.73. The number of unbranched alkanes of at least 4 members (excludes halogenated alkanes) is 1. The smallest absolute Gasteiger partial charge is 0.242 e. The lowest BCUT2D eigenvalue weighted by molar-refractivity contribution is -0.131. The van der Waals surface area contributed by atoms with Gasteiger partial charge in [0.05, 0.1) is 5.56 Å². The van der Waals surface area contributed by atoms with Crippen molar-refractivity contribution in [3.05, 3.63) is 36.0 Å². The van der Waals surface area contributed by atoms with Crippen LogP contribution in [0.15, 0.2) is 30.5 Å². The van der Waals surface area contributed by atoms with Gasteiger partial charge in [0.25, 0.3) is 0 Å². The second-order valence-corrected chi connectivity index (χ2v) is 5.13. The summed E-state index contributed by atoms with van der Waals surface area (Å²) >= 11 is 0. The van der Waals surface area contributed by atoms with Gasteiger partial charge >= 0.3 is 0 Å². The lowest BCUT2D eigenvalue weighted by Crippen LogP contribution is -2.34. The van der Waals surface area contributed by atoms with Crippen LogP contribution in [0.4, 0.5) is 0 Å². The Morgan fingerprint density at radius 2 is 2.10 bits per heavy atom. The van der Waals surface area contributed by atoms with Gasteiger partial charge in [-0.15, -0.1) is 0 Å². The van der Waals surface area contributed by atoms with Crippen LogP contribution < -0.4 is 0 Å². The number of hydrogen-bond acceptors (Lipinski definition) is 2. The van der Waals surface area contributed by atoms with Crippen LogP contribution in [-0.4, -0.2) is 28.5 Å². The monoisotopic (exact) mass is 283 g/mol. The molecule has 0 aliphatic carbocycles. The number of carbonyl (C=O) groups is 1. The molecule has 21 heavy (non-hydrogen) atoms. The topological polar surface area (TPSA) is 49.0 Å². The van der Waals surface area contributed by atoms with Crippen molar-refractivity contribution >= 4 is 16.8 Å². The minimum atomic E-state index is 0.108. The first-order chi connectivity index (χ1) is 10.2. The number of para-hydroxylation sites is 1. The molecule has 1 heterocycles. The molecule has 2 rings (SSSR count). The fourth-order valence-electron chi connectivity index (χ4n) is 2.52. The summed E-state index contributed by atoms with van der Waals surface area (Å²) in [5.74, 6) is 0.108. The lowest BCUT2D eigenvalue weighted by atomic mass is 10.2. The van der Waals surface area contributed by atoms with Gasteiger partial charge in [0.15, 0.2) is 0 Å². The van der Waals surface area contributed by atoms with Crippen LogP contribution in [0, 0.1) is 11.3 Å². The highest BCUT2D eigenvalue weighted by Crippen LogP contribution is 2.20. The van der Waals surface area contributed by atoms with E-state index in [9.17, 15) is 10.1 Å². The van der Waals surface area contributed by atoms with E-state index in [1.165, 1.54) is 0 Å². The third-order valence-electron chi connectivity index (χ3n) is 3.73. The third kappa shape index (κ3) is 3.25. The normalized spacial score (nSPS) is 10.5. The number of benzene rings is 1. The van der Waals surface area contributed by atoms with Gasteiger partial charge in [0, 0.05) is 30.2 Å². The van der Waals surface area contributed by atoms with Crippen LogP contribution in [0.25, 0.3) is 10.9 Å². The van der Waals surface area contributed by atoms with Gasteiger partial charge in [0.1, 0.15) is 12.6 Å². The highest BCUT2D eigenvalue weighted by molar-refractivity contribution is 5.88. The maximum atomic E-state index is 12.4. The van der Waals surface area contributed by atoms with Crippen LogP contribution in [0.2, 0.25) is 0 Å². The predicted molar refractivity (Wildman–Crippen MR) is 83.8 cm³/mol. The zero-order valence-corrected chi connectivity index (χ0v) is 12.7. The Hall–Kier alpha value is -2.28. The number of hydrogen-bond donors (Lipinski definition) is 0. The summed E-state index contributed by atoms with van der Waals surface area (Å²) in [7, 11) is 0. The molecule has 0 aliphatic rings. The van der Waals surface area contributed by atoms with E-state index in [-0.39, 0.29) is 5.91 Å². The number of likely N-dealkylation sites (N-methyl/N-ethyl adjacent to an activating group) is 1. The number of aromatic nitrogens is 1. The van der Waals surface area contributed by atoms with Crippen molar-refractivity contribution in [1.82, 2.24) is 9.47 Å². The number of nitrogens with zero attached hydrogens (tertiary/aromatic N) is 3. The Labute approximate surface area is 125 Å². The number of fused-ring (bicyclic) bond motifs is 1. The predicted octanol–water partition coefficient (Wildman–Crippen LogP) is 3.16. The summed E-state index contributed by atoms with van der Waals surface area (Å²) in [6.07, 6.45) is 3.88. The Morgan fingerprint density at radius 1 is 1.33 bits per heavy atom. The maximum absolute atomic E-state index is 12.4. The van der Waals surface area contributed by atoms with Crippen LogP contribution >= 0.6 is 0 Å². The second-order valence-electron chi connectivity index (χ2n) is 5.13. The summed E-state index contributed by atoms with van der Waals surface area (Å²) in [6, 6.07) is 9.91. The average molecular weight is 283 g/mol. The Bertz CT molecular complexity index is 666. The average Bonchev–Trinajstić information content (AvgIpc) is 2.86. The summed E-state index contributed by atoms with van der Waals surface area (Å²) in [5.41, 5.74) is 1.56. The minimum absolute atomic E-state index is 0.108. The molecule has 4 heteroatoms. The second kappa shape index (κ2) is 6.94. The van der Waals surface area contributed by atoms with E-state index in [4.69, 9.17) is 0 Å². The van der Waals surface area contributed by atoms with Crippen LogP contribution in [0.3, 0.4) is 0 Å². The molecule has 0 fully saturated rings. The van der Waals surface area contributed by atoms with Gasteiger partial charge in [-0.05, 0) is 19.4 Å². The first-order valence-electron chi connectivity index (χ1n) is 7.47. The molecule has 4 nitrogen and oxygen atoms in total. The van der Waals surface area contributed by atoms with Crippen molar-refractivity contribution < 1.29 is 4.79 Å². The van der Waals surface area contributed by atoms with E-state index >= 15 is 0 Å². The van der Waals surface area contributed by atoms with E-state index in [2.05, 4.69) is 13.0 Å². The summed E-state index contributed by atoms with van der Waals surface area (Å²) in [4.78, 5) is 14.3. The maximum Gasteiger partial charge on any atom is 0.242 e. The van der Waals surface area contributed by atoms with E-state index in [0.717, 1.165) is 36.8 Å². The molecule has 0 saturated carbocycles. The first-order valence-corrected chi connectivity index (χ1v) is 7.47. The van der Waals surface area contributed by atoms with Gasteiger partial charge in [-0.25, -0.2) is 0 Å². The number of carbonyl (C=O) groups excluding carboxylic acids is 1. The standard InChI is InChI=1S/C17H21N3O/c1-3-5-10-19(4-2)17(21)13-20-12-14(11-18)15-8-6-7-9-16(15)20/h6-9,12H,3-5,10,13H2,1-2H3. The number of amides is 1. The van der Waals surface area contributed by atoms with Crippen molar-refractivity contribution in [2.24, 2.45) is 0 Å². The van der Waals surface area contributed by atoms with Crippen molar-refractivity contribution in [2.45, 2.75) is 33.2 Å². The molecule has 0 N–H and O–H groups in total. The van der Waals surface area contributed by atoms with E-state index in [0.29, 0.717) is 12.1 Å². The minimum Gasteiger partial charge on any atom is -0.341 e. The molecule has 0 aliphatic heterocycles. The van der Waals surface area contributed by atoms with Gasteiger partial charge < -0.3 is 9.47 Å². The van der Waals surface area contributed by atoms with Gasteiger partial charge in [-0.1, -0.05) is 31.5 Å². The van der Waals surface area contributed by atoms with E-state index in [1.807, 2.05) is 40.7 Å². The molecule has 1 amide bonds. The Kier molecular flexibility index (Phi) is 4.99. The molecule has 1 aromatic heterocycles.